The second-order valence-electron chi connectivity index (χ2n) is 6.08. The van der Waals surface area contributed by atoms with E-state index in [4.69, 9.17) is 0 Å². The second kappa shape index (κ2) is 5.29. The molecule has 1 aromatic carbocycles. The quantitative estimate of drug-likeness (QED) is 0.909. The van der Waals surface area contributed by atoms with E-state index in [0.717, 1.165) is 0 Å². The van der Waals surface area contributed by atoms with Crippen LogP contribution in [0, 0.1) is 5.82 Å². The number of benzene rings is 1. The highest BCUT2D eigenvalue weighted by molar-refractivity contribution is 5.87. The first-order valence-electron chi connectivity index (χ1n) is 6.28. The maximum absolute atomic E-state index is 13.8. The highest BCUT2D eigenvalue weighted by atomic mass is 19.1. The largest absolute Gasteiger partial charge is 0.389 e. The maximum atomic E-state index is 13.8. The zero-order valence-corrected chi connectivity index (χ0v) is 12.2. The number of hydrogen-bond donors (Lipinski definition) is 1. The minimum absolute atomic E-state index is 0.198. The summed E-state index contributed by atoms with van der Waals surface area (Å²) >= 11 is 0. The van der Waals surface area contributed by atoms with Gasteiger partial charge in [0.05, 0.1) is 11.0 Å². The monoisotopic (exact) mass is 267 g/mol. The van der Waals surface area contributed by atoms with Crippen LogP contribution in [0.15, 0.2) is 24.3 Å². The lowest BCUT2D eigenvalue weighted by Crippen LogP contribution is -2.47. The van der Waals surface area contributed by atoms with Crippen LogP contribution in [0.25, 0.3) is 0 Å². The average Bonchev–Trinajstić information content (AvgIpc) is 2.26. The van der Waals surface area contributed by atoms with Crippen LogP contribution in [-0.4, -0.2) is 35.1 Å². The molecule has 1 rings (SSSR count). The molecule has 4 heteroatoms. The molecule has 1 aromatic rings. The van der Waals surface area contributed by atoms with E-state index in [1.807, 2.05) is 0 Å². The standard InChI is InChI=1S/C15H22FNO2/c1-14(2,19)10-17(5)13(18)15(3,4)11-8-6-7-9-12(11)16/h6-9,19H,10H2,1-5H3. The predicted molar refractivity (Wildman–Crippen MR) is 73.4 cm³/mol. The van der Waals surface area contributed by atoms with E-state index in [1.54, 1.807) is 52.9 Å². The van der Waals surface area contributed by atoms with Gasteiger partial charge in [-0.3, -0.25) is 4.79 Å². The number of aliphatic hydroxyl groups is 1. The molecule has 0 aliphatic heterocycles. The molecule has 0 atom stereocenters. The van der Waals surface area contributed by atoms with Gasteiger partial charge in [-0.2, -0.15) is 0 Å². The summed E-state index contributed by atoms with van der Waals surface area (Å²) in [5.74, 6) is -0.614. The number of amides is 1. The van der Waals surface area contributed by atoms with Crippen LogP contribution in [0.3, 0.4) is 0 Å². The van der Waals surface area contributed by atoms with Crippen LogP contribution in [0.4, 0.5) is 4.39 Å². The van der Waals surface area contributed by atoms with Gasteiger partial charge in [-0.1, -0.05) is 18.2 Å². The topological polar surface area (TPSA) is 40.5 Å². The van der Waals surface area contributed by atoms with Crippen molar-refractivity contribution in [1.82, 2.24) is 4.90 Å². The Balaban J connectivity index is 3.01. The lowest BCUT2D eigenvalue weighted by atomic mass is 9.82. The van der Waals surface area contributed by atoms with Gasteiger partial charge in [0.15, 0.2) is 0 Å². The first-order chi connectivity index (χ1) is 8.55. The van der Waals surface area contributed by atoms with Crippen LogP contribution in [0.1, 0.15) is 33.3 Å². The van der Waals surface area contributed by atoms with E-state index in [1.165, 1.54) is 11.0 Å². The highest BCUT2D eigenvalue weighted by Gasteiger charge is 2.35. The van der Waals surface area contributed by atoms with Crippen LogP contribution in [-0.2, 0) is 10.2 Å². The Hall–Kier alpha value is -1.42. The fourth-order valence-corrected chi connectivity index (χ4v) is 2.21. The number of likely N-dealkylation sites (N-methyl/N-ethyl adjacent to an activating group) is 1. The Morgan fingerprint density at radius 3 is 2.26 bits per heavy atom. The van der Waals surface area contributed by atoms with E-state index in [0.29, 0.717) is 5.56 Å². The summed E-state index contributed by atoms with van der Waals surface area (Å²) in [6.07, 6.45) is 0. The summed E-state index contributed by atoms with van der Waals surface area (Å²) in [5.41, 5.74) is -1.58. The van der Waals surface area contributed by atoms with Crippen molar-refractivity contribution in [2.24, 2.45) is 0 Å². The zero-order chi connectivity index (χ0) is 14.8. The molecule has 0 spiro atoms. The molecule has 0 aliphatic carbocycles. The first-order valence-corrected chi connectivity index (χ1v) is 6.28. The van der Waals surface area contributed by atoms with Crippen LogP contribution >= 0.6 is 0 Å². The maximum Gasteiger partial charge on any atom is 0.232 e. The van der Waals surface area contributed by atoms with Gasteiger partial charge >= 0.3 is 0 Å². The minimum atomic E-state index is -0.976. The Morgan fingerprint density at radius 2 is 1.79 bits per heavy atom. The first kappa shape index (κ1) is 15.6. The van der Waals surface area contributed by atoms with Gasteiger partial charge in [0.1, 0.15) is 5.82 Å². The van der Waals surface area contributed by atoms with E-state index in [2.05, 4.69) is 0 Å². The molecule has 19 heavy (non-hydrogen) atoms. The van der Waals surface area contributed by atoms with E-state index in [-0.39, 0.29) is 12.5 Å². The van der Waals surface area contributed by atoms with Crippen molar-refractivity contribution >= 4 is 5.91 Å². The summed E-state index contributed by atoms with van der Waals surface area (Å²) in [6.45, 7) is 6.84. The third kappa shape index (κ3) is 3.77. The summed E-state index contributed by atoms with van der Waals surface area (Å²) < 4.78 is 13.8. The molecule has 0 bridgehead atoms. The molecular weight excluding hydrogens is 245 g/mol. The van der Waals surface area contributed by atoms with Crippen molar-refractivity contribution in [3.8, 4) is 0 Å². The molecule has 0 aromatic heterocycles. The van der Waals surface area contributed by atoms with Crippen molar-refractivity contribution in [2.75, 3.05) is 13.6 Å². The highest BCUT2D eigenvalue weighted by Crippen LogP contribution is 2.28. The van der Waals surface area contributed by atoms with Crippen molar-refractivity contribution in [2.45, 2.75) is 38.7 Å². The molecule has 1 amide bonds. The van der Waals surface area contributed by atoms with Gasteiger partial charge in [-0.05, 0) is 33.8 Å². The van der Waals surface area contributed by atoms with Crippen molar-refractivity contribution in [3.05, 3.63) is 35.6 Å². The summed E-state index contributed by atoms with van der Waals surface area (Å²) in [4.78, 5) is 13.9. The predicted octanol–water partition coefficient (Wildman–Crippen LogP) is 2.33. The van der Waals surface area contributed by atoms with Crippen molar-refractivity contribution in [3.63, 3.8) is 0 Å². The smallest absolute Gasteiger partial charge is 0.232 e. The van der Waals surface area contributed by atoms with Crippen LogP contribution in [0.5, 0.6) is 0 Å². The SMILES string of the molecule is CN(CC(C)(C)O)C(=O)C(C)(C)c1ccccc1F. The molecule has 0 unspecified atom stereocenters. The molecule has 0 saturated heterocycles. The molecule has 0 saturated carbocycles. The molecule has 106 valence electrons. The van der Waals surface area contributed by atoms with Crippen molar-refractivity contribution < 1.29 is 14.3 Å². The molecular formula is C15H22FNO2. The fraction of sp³-hybridized carbons (Fsp3) is 0.533. The zero-order valence-electron chi connectivity index (χ0n) is 12.2. The normalized spacial score (nSPS) is 12.4. The molecule has 0 aliphatic rings. The summed E-state index contributed by atoms with van der Waals surface area (Å²) in [6, 6.07) is 6.27. The van der Waals surface area contributed by atoms with E-state index < -0.39 is 16.8 Å². The third-order valence-electron chi connectivity index (χ3n) is 3.05. The third-order valence-corrected chi connectivity index (χ3v) is 3.05. The Kier molecular flexibility index (Phi) is 4.35. The summed E-state index contributed by atoms with van der Waals surface area (Å²) in [5, 5.41) is 9.76. The number of carbonyl (C=O) groups is 1. The number of nitrogens with zero attached hydrogens (tertiary/aromatic N) is 1. The van der Waals surface area contributed by atoms with Gasteiger partial charge < -0.3 is 10.0 Å². The minimum Gasteiger partial charge on any atom is -0.389 e. The van der Waals surface area contributed by atoms with Gasteiger partial charge in [0.25, 0.3) is 0 Å². The average molecular weight is 267 g/mol. The number of rotatable bonds is 4. The van der Waals surface area contributed by atoms with Crippen LogP contribution < -0.4 is 0 Å². The van der Waals surface area contributed by atoms with Gasteiger partial charge in [-0.25, -0.2) is 4.39 Å². The van der Waals surface area contributed by atoms with E-state index >= 15 is 0 Å². The fourth-order valence-electron chi connectivity index (χ4n) is 2.21. The van der Waals surface area contributed by atoms with Gasteiger partial charge in [0.2, 0.25) is 5.91 Å². The molecule has 0 heterocycles. The summed E-state index contributed by atoms with van der Waals surface area (Å²) in [7, 11) is 1.61. The molecule has 1 N–H and O–H groups in total. The van der Waals surface area contributed by atoms with E-state index in [9.17, 15) is 14.3 Å². The number of carbonyl (C=O) groups excluding carboxylic acids is 1. The van der Waals surface area contributed by atoms with Crippen molar-refractivity contribution in [1.29, 1.82) is 0 Å². The van der Waals surface area contributed by atoms with Crippen LogP contribution in [0.2, 0.25) is 0 Å². The lowest BCUT2D eigenvalue weighted by Gasteiger charge is -2.33. The van der Waals surface area contributed by atoms with Gasteiger partial charge in [0, 0.05) is 19.2 Å². The van der Waals surface area contributed by atoms with Gasteiger partial charge in [-0.15, -0.1) is 0 Å². The number of hydrogen-bond acceptors (Lipinski definition) is 2. The second-order valence-corrected chi connectivity index (χ2v) is 6.08. The number of halogens is 1. The Bertz CT molecular complexity index is 463. The molecule has 0 radical (unpaired) electrons. The Labute approximate surface area is 114 Å². The lowest BCUT2D eigenvalue weighted by molar-refractivity contribution is -0.137. The molecule has 3 nitrogen and oxygen atoms in total. The molecule has 0 fully saturated rings. The Morgan fingerprint density at radius 1 is 1.26 bits per heavy atom.